The summed E-state index contributed by atoms with van der Waals surface area (Å²) in [7, 11) is 0. The van der Waals surface area contributed by atoms with Crippen LogP contribution in [0.2, 0.25) is 0 Å². The van der Waals surface area contributed by atoms with Crippen LogP contribution < -0.4 is 9.30 Å². The van der Waals surface area contributed by atoms with E-state index in [0.29, 0.717) is 56.2 Å². The molecule has 0 radical (unpaired) electrons. The van der Waals surface area contributed by atoms with Gasteiger partial charge in [-0.25, -0.2) is 4.98 Å². The fraction of sp³-hybridized carbons (Fsp3) is 0.250. The summed E-state index contributed by atoms with van der Waals surface area (Å²) in [6.45, 7) is 32.8. The standard InChI is InChI=1S/C80H80N4O/c1-76(2,3)58-37-38-81-74(48-58)84-70-32-23-22-31-66(70)67-35-34-65(50-72(67)84)85-64-30-24-29-63(49-64)82-51-83(71-36-33-54(45-73(71)82)52-25-18-16-19-26-52)75-68(56-39-59(77(4,5)6)46-60(40-56)78(7,8)9)43-55(53-27-20-17-21-28-53)44-69(75)57-41-61(79(10,11)12)47-62(42-57)80(13,14)15/h16-50H,1-15H3/i16D,17D,18D,19D,20D,21D,25D,26D,27D,28D. The lowest BCUT2D eigenvalue weighted by molar-refractivity contribution is -0.571. The molecule has 0 spiro atoms. The molecule has 9 aromatic carbocycles. The Bertz CT molecular complexity index is 4920. The molecule has 3 heterocycles. The van der Waals surface area contributed by atoms with Gasteiger partial charge in [0.05, 0.1) is 47.1 Å². The van der Waals surface area contributed by atoms with E-state index in [4.69, 9.17) is 17.9 Å². The zero-order chi connectivity index (χ0) is 68.7. The molecule has 0 aliphatic rings. The minimum atomic E-state index is -0.495. The maximum absolute atomic E-state index is 9.53. The first-order chi connectivity index (χ1) is 44.4. The summed E-state index contributed by atoms with van der Waals surface area (Å²) in [5.41, 5.74) is 12.2. The second kappa shape index (κ2) is 21.1. The van der Waals surface area contributed by atoms with E-state index in [-0.39, 0.29) is 62.4 Å². The highest BCUT2D eigenvalue weighted by Gasteiger charge is 2.29. The van der Waals surface area contributed by atoms with Crippen molar-refractivity contribution in [1.82, 2.24) is 14.1 Å². The van der Waals surface area contributed by atoms with E-state index >= 15 is 0 Å². The van der Waals surface area contributed by atoms with E-state index in [0.717, 1.165) is 66.6 Å². The first-order valence-electron chi connectivity index (χ1n) is 34.3. The van der Waals surface area contributed by atoms with Gasteiger partial charge in [0.2, 0.25) is 0 Å². The molecule has 0 aliphatic carbocycles. The Kier molecular flexibility index (Phi) is 11.3. The molecular formula is C80H80N4O. The summed E-state index contributed by atoms with van der Waals surface area (Å²) in [5.74, 6) is 1.88. The van der Waals surface area contributed by atoms with Crippen molar-refractivity contribution >= 4 is 32.8 Å². The number of para-hydroxylation sites is 1. The van der Waals surface area contributed by atoms with Gasteiger partial charge in [0.1, 0.15) is 17.3 Å². The summed E-state index contributed by atoms with van der Waals surface area (Å²) in [4.78, 5) is 4.91. The van der Waals surface area contributed by atoms with E-state index in [1.54, 1.807) is 6.07 Å². The fourth-order valence-electron chi connectivity index (χ4n) is 11.3. The maximum Gasteiger partial charge on any atom is 0.269 e. The SMILES string of the molecule is [2H]c1c([2H])c([2H])c(-c2cc(-c3cc(C(C)(C)C)cc(C(C)(C)C)c3)c(-[n+]3[c-]n(-c4cccc(Oc5ccc6c7ccccc7n(-c7cc(C(C)(C)C)ccn7)c6c5)c4)c4cc(-c5c([2H])c([2H])c([2H])c([2H])c5[2H])ccc43)c(-c3cc(C(C)(C)C)cc(C(C)(C)C)c3)c2)c([2H])c1[2H]. The lowest BCUT2D eigenvalue weighted by Crippen LogP contribution is -2.32. The van der Waals surface area contributed by atoms with Crippen LogP contribution in [0.5, 0.6) is 11.5 Å². The molecule has 0 fully saturated rings. The Morgan fingerprint density at radius 1 is 0.412 bits per heavy atom. The Hall–Kier alpha value is -8.80. The van der Waals surface area contributed by atoms with E-state index in [1.165, 1.54) is 0 Å². The highest BCUT2D eigenvalue weighted by Crippen LogP contribution is 2.45. The highest BCUT2D eigenvalue weighted by molar-refractivity contribution is 6.09. The molecule has 5 heteroatoms. The van der Waals surface area contributed by atoms with Gasteiger partial charge in [0.25, 0.3) is 6.33 Å². The molecule has 0 aliphatic heterocycles. The van der Waals surface area contributed by atoms with Crippen molar-refractivity contribution in [3.63, 3.8) is 0 Å². The van der Waals surface area contributed by atoms with Crippen LogP contribution in [0.25, 0.3) is 94.5 Å². The fourth-order valence-corrected chi connectivity index (χ4v) is 11.3. The van der Waals surface area contributed by atoms with E-state index in [9.17, 15) is 5.48 Å². The summed E-state index contributed by atoms with van der Waals surface area (Å²) >= 11 is 0. The normalized spacial score (nSPS) is 14.3. The molecule has 0 amide bonds. The van der Waals surface area contributed by atoms with Crippen LogP contribution in [0.4, 0.5) is 0 Å². The van der Waals surface area contributed by atoms with Crippen LogP contribution in [0.3, 0.4) is 0 Å². The average Bonchev–Trinajstić information content (AvgIpc) is 1.57. The van der Waals surface area contributed by atoms with Gasteiger partial charge in [-0.3, -0.25) is 13.7 Å². The molecule has 5 nitrogen and oxygen atoms in total. The third kappa shape index (κ3) is 11.1. The third-order valence-corrected chi connectivity index (χ3v) is 16.3. The molecule has 12 rings (SSSR count). The van der Waals surface area contributed by atoms with Crippen molar-refractivity contribution < 1.29 is 23.0 Å². The topological polar surface area (TPSA) is 35.9 Å². The van der Waals surface area contributed by atoms with Crippen molar-refractivity contribution in [3.05, 3.63) is 246 Å². The van der Waals surface area contributed by atoms with Gasteiger partial charge < -0.3 is 4.74 Å². The van der Waals surface area contributed by atoms with Crippen LogP contribution in [0.1, 0.15) is 145 Å². The number of imidazole rings is 1. The Morgan fingerprint density at radius 3 is 1.51 bits per heavy atom. The minimum absolute atomic E-state index is 0.0363. The zero-order valence-electron chi connectivity index (χ0n) is 61.6. The van der Waals surface area contributed by atoms with Crippen molar-refractivity contribution in [2.75, 3.05) is 0 Å². The Morgan fingerprint density at radius 2 is 0.941 bits per heavy atom. The van der Waals surface area contributed by atoms with Crippen LogP contribution in [-0.2, 0) is 27.1 Å². The van der Waals surface area contributed by atoms with Crippen LogP contribution >= 0.6 is 0 Å². The Balaban J connectivity index is 1.19. The molecule has 0 atom stereocenters. The van der Waals surface area contributed by atoms with E-state index < -0.39 is 36.3 Å². The van der Waals surface area contributed by atoms with E-state index in [1.807, 2.05) is 88.1 Å². The molecule has 0 unspecified atom stereocenters. The first kappa shape index (κ1) is 45.6. The van der Waals surface area contributed by atoms with Crippen molar-refractivity contribution in [1.29, 1.82) is 0 Å². The molecule has 12 aromatic rings. The number of fused-ring (bicyclic) bond motifs is 4. The number of hydrogen-bond donors (Lipinski definition) is 0. The van der Waals surface area contributed by atoms with Gasteiger partial charge in [-0.05, 0) is 166 Å². The van der Waals surface area contributed by atoms with Gasteiger partial charge in [-0.2, -0.15) is 0 Å². The molecule has 3 aromatic heterocycles. The average molecular weight is 1120 g/mol. The van der Waals surface area contributed by atoms with Gasteiger partial charge in [-0.1, -0.05) is 237 Å². The van der Waals surface area contributed by atoms with Gasteiger partial charge >= 0.3 is 0 Å². The number of benzene rings is 9. The molecule has 85 heavy (non-hydrogen) atoms. The number of hydrogen-bond acceptors (Lipinski definition) is 2. The van der Waals surface area contributed by atoms with Gasteiger partial charge in [0, 0.05) is 23.0 Å². The number of pyridine rings is 1. The van der Waals surface area contributed by atoms with E-state index in [2.05, 4.69) is 181 Å². The third-order valence-electron chi connectivity index (χ3n) is 16.3. The number of rotatable bonds is 9. The first-order valence-corrected chi connectivity index (χ1v) is 29.3. The lowest BCUT2D eigenvalue weighted by Gasteiger charge is -2.28. The quantitative estimate of drug-likeness (QED) is 0.107. The smallest absolute Gasteiger partial charge is 0.269 e. The molecule has 0 saturated carbocycles. The number of aromatic nitrogens is 4. The molecule has 0 bridgehead atoms. The monoisotopic (exact) mass is 1120 g/mol. The van der Waals surface area contributed by atoms with Crippen molar-refractivity contribution in [2.45, 2.75) is 131 Å². The number of ether oxygens (including phenoxy) is 1. The second-order valence-electron chi connectivity index (χ2n) is 27.8. The minimum Gasteiger partial charge on any atom is -0.458 e. The predicted molar refractivity (Wildman–Crippen MR) is 358 cm³/mol. The summed E-state index contributed by atoms with van der Waals surface area (Å²) in [6, 6.07) is 44.9. The van der Waals surface area contributed by atoms with Gasteiger partial charge in [-0.15, -0.1) is 0 Å². The van der Waals surface area contributed by atoms with Crippen molar-refractivity contribution in [2.24, 2.45) is 0 Å². The number of nitrogens with zero attached hydrogens (tertiary/aromatic N) is 4. The summed E-state index contributed by atoms with van der Waals surface area (Å²) < 4.78 is 103. The van der Waals surface area contributed by atoms with Crippen LogP contribution in [0.15, 0.2) is 212 Å². The van der Waals surface area contributed by atoms with Crippen molar-refractivity contribution in [3.8, 4) is 73.2 Å². The van der Waals surface area contributed by atoms with Crippen LogP contribution in [-0.4, -0.2) is 14.1 Å². The molecule has 0 N–H and O–H groups in total. The Labute approximate surface area is 518 Å². The predicted octanol–water partition coefficient (Wildman–Crippen LogP) is 21.1. The highest BCUT2D eigenvalue weighted by atomic mass is 16.5. The molecule has 426 valence electrons. The molecular weight excluding hydrogens is 1030 g/mol. The van der Waals surface area contributed by atoms with Gasteiger partial charge in [0.15, 0.2) is 0 Å². The second-order valence-corrected chi connectivity index (χ2v) is 27.8. The maximum atomic E-state index is 9.53. The summed E-state index contributed by atoms with van der Waals surface area (Å²) in [6.07, 6.45) is 5.72. The molecule has 0 saturated heterocycles. The lowest BCUT2D eigenvalue weighted by atomic mass is 9.77. The summed E-state index contributed by atoms with van der Waals surface area (Å²) in [5, 5.41) is 2.12. The zero-order valence-corrected chi connectivity index (χ0v) is 51.6. The van der Waals surface area contributed by atoms with Crippen LogP contribution in [0, 0.1) is 6.33 Å². The largest absolute Gasteiger partial charge is 0.458 e.